The number of amides is 2. The van der Waals surface area contributed by atoms with Gasteiger partial charge in [-0.05, 0) is 0 Å². The topological polar surface area (TPSA) is 142 Å². The van der Waals surface area contributed by atoms with Crippen molar-refractivity contribution in [3.05, 3.63) is 0 Å². The molecule has 0 radical (unpaired) electrons. The van der Waals surface area contributed by atoms with Crippen LogP contribution in [0, 0.1) is 0 Å². The summed E-state index contributed by atoms with van der Waals surface area (Å²) in [6.07, 6.45) is 0. The monoisotopic (exact) mass is 311 g/mol. The minimum atomic E-state index is -1.24. The molecule has 0 aromatic rings. The van der Waals surface area contributed by atoms with E-state index in [-0.39, 0.29) is 11.5 Å². The van der Waals surface area contributed by atoms with E-state index in [1.165, 1.54) is 0 Å². The lowest BCUT2D eigenvalue weighted by molar-refractivity contribution is -0.141. The average molecular weight is 311 g/mol. The largest absolute Gasteiger partial charge is 0.480 e. The van der Waals surface area contributed by atoms with Crippen molar-refractivity contribution in [1.29, 1.82) is 0 Å². The molecule has 0 fully saturated rings. The number of aliphatic hydroxyl groups excluding tert-OH is 1. The van der Waals surface area contributed by atoms with E-state index in [1.807, 2.05) is 0 Å². The summed E-state index contributed by atoms with van der Waals surface area (Å²) in [6.45, 7) is -0.568. The highest BCUT2D eigenvalue weighted by Gasteiger charge is 2.26. The Kier molecular flexibility index (Phi) is 8.56. The Labute approximate surface area is 120 Å². The van der Waals surface area contributed by atoms with Crippen molar-refractivity contribution in [3.63, 3.8) is 0 Å². The molecule has 0 saturated carbocycles. The standard InChI is InChI=1S/C9H17N3O5S2/c10-4(1-13)7(14)11-5(2-18)8(15)12-6(3-19)9(16)17/h4-6,13,18-19H,1-3,10H2,(H,11,14)(H,12,15)(H,16,17)/t4-,5-,6-/m0/s1. The van der Waals surface area contributed by atoms with Gasteiger partial charge in [-0.2, -0.15) is 25.3 Å². The number of rotatable bonds is 8. The number of nitrogens with one attached hydrogen (secondary N) is 2. The molecule has 3 atom stereocenters. The minimum absolute atomic E-state index is 0.0470. The lowest BCUT2D eigenvalue weighted by atomic mass is 10.2. The second-order valence-corrected chi connectivity index (χ2v) is 4.35. The summed E-state index contributed by atoms with van der Waals surface area (Å²) in [7, 11) is 0. The van der Waals surface area contributed by atoms with Crippen molar-refractivity contribution < 1.29 is 24.6 Å². The number of hydrogen-bond donors (Lipinski definition) is 7. The molecule has 0 aromatic carbocycles. The van der Waals surface area contributed by atoms with Crippen LogP contribution >= 0.6 is 25.3 Å². The number of thiol groups is 2. The Balaban J connectivity index is 4.56. The molecule has 110 valence electrons. The summed E-state index contributed by atoms with van der Waals surface area (Å²) in [5.74, 6) is -2.82. The lowest BCUT2D eigenvalue weighted by Gasteiger charge is -2.20. The molecule has 0 spiro atoms. The van der Waals surface area contributed by atoms with Crippen LogP contribution in [-0.4, -0.2) is 64.2 Å². The summed E-state index contributed by atoms with van der Waals surface area (Å²) in [4.78, 5) is 33.8. The van der Waals surface area contributed by atoms with E-state index in [0.29, 0.717) is 0 Å². The third-order valence-corrected chi connectivity index (χ3v) is 2.88. The maximum atomic E-state index is 11.7. The van der Waals surface area contributed by atoms with Crippen molar-refractivity contribution in [2.45, 2.75) is 18.1 Å². The zero-order valence-corrected chi connectivity index (χ0v) is 11.7. The van der Waals surface area contributed by atoms with Crippen LogP contribution in [-0.2, 0) is 14.4 Å². The number of carbonyl (C=O) groups is 3. The van der Waals surface area contributed by atoms with Crippen LogP contribution in [0.3, 0.4) is 0 Å². The van der Waals surface area contributed by atoms with E-state index in [1.54, 1.807) is 0 Å². The molecule has 0 saturated heterocycles. The lowest BCUT2D eigenvalue weighted by Crippen LogP contribution is -2.56. The Morgan fingerprint density at radius 2 is 1.53 bits per heavy atom. The quantitative estimate of drug-likeness (QED) is 0.242. The SMILES string of the molecule is N[C@@H](CO)C(=O)N[C@@H](CS)C(=O)N[C@@H](CS)C(=O)O. The van der Waals surface area contributed by atoms with Crippen molar-refractivity contribution in [2.24, 2.45) is 5.73 Å². The molecule has 0 unspecified atom stereocenters. The molecular formula is C9H17N3O5S2. The number of aliphatic hydroxyl groups is 1. The highest BCUT2D eigenvalue weighted by atomic mass is 32.1. The third kappa shape index (κ3) is 6.14. The Hall–Kier alpha value is -0.970. The molecule has 0 heterocycles. The number of nitrogens with two attached hydrogens (primary N) is 1. The molecule has 0 aliphatic carbocycles. The molecule has 0 aliphatic rings. The second-order valence-electron chi connectivity index (χ2n) is 3.61. The molecule has 0 aliphatic heterocycles. The van der Waals surface area contributed by atoms with Gasteiger partial charge in [0.1, 0.15) is 18.1 Å². The maximum absolute atomic E-state index is 11.7. The summed E-state index contributed by atoms with van der Waals surface area (Å²) in [5, 5.41) is 21.9. The summed E-state index contributed by atoms with van der Waals surface area (Å²) < 4.78 is 0. The van der Waals surface area contributed by atoms with Crippen LogP contribution in [0.2, 0.25) is 0 Å². The van der Waals surface area contributed by atoms with Crippen LogP contribution in [0.4, 0.5) is 0 Å². The fourth-order valence-corrected chi connectivity index (χ4v) is 1.52. The molecule has 0 rings (SSSR count). The van der Waals surface area contributed by atoms with Crippen LogP contribution in [0.5, 0.6) is 0 Å². The summed E-state index contributed by atoms with van der Waals surface area (Å²) >= 11 is 7.68. The molecule has 8 nitrogen and oxygen atoms in total. The van der Waals surface area contributed by atoms with Gasteiger partial charge in [-0.15, -0.1) is 0 Å². The van der Waals surface area contributed by atoms with Gasteiger partial charge in [-0.3, -0.25) is 9.59 Å². The molecule has 0 bridgehead atoms. The Morgan fingerprint density at radius 1 is 1.05 bits per heavy atom. The highest BCUT2D eigenvalue weighted by Crippen LogP contribution is 1.94. The molecule has 19 heavy (non-hydrogen) atoms. The van der Waals surface area contributed by atoms with Crippen LogP contribution in [0.1, 0.15) is 0 Å². The predicted octanol–water partition coefficient (Wildman–Crippen LogP) is -2.78. The first kappa shape index (κ1) is 18.0. The summed E-state index contributed by atoms with van der Waals surface area (Å²) in [6, 6.07) is -3.37. The molecule has 6 N–H and O–H groups in total. The first-order chi connectivity index (χ1) is 8.87. The van der Waals surface area contributed by atoms with Crippen LogP contribution in [0.15, 0.2) is 0 Å². The third-order valence-electron chi connectivity index (χ3n) is 2.15. The van der Waals surface area contributed by atoms with E-state index in [0.717, 1.165) is 0 Å². The fraction of sp³-hybridized carbons (Fsp3) is 0.667. The van der Waals surface area contributed by atoms with Gasteiger partial charge >= 0.3 is 5.97 Å². The van der Waals surface area contributed by atoms with E-state index in [4.69, 9.17) is 15.9 Å². The van der Waals surface area contributed by atoms with Gasteiger partial charge in [0.25, 0.3) is 0 Å². The number of carboxylic acid groups (broad SMARTS) is 1. The zero-order chi connectivity index (χ0) is 15.0. The number of carboxylic acids is 1. The van der Waals surface area contributed by atoms with Gasteiger partial charge in [-0.25, -0.2) is 4.79 Å². The van der Waals surface area contributed by atoms with E-state index in [9.17, 15) is 14.4 Å². The van der Waals surface area contributed by atoms with Crippen molar-refractivity contribution >= 4 is 43.0 Å². The Morgan fingerprint density at radius 3 is 1.89 bits per heavy atom. The molecule has 0 aromatic heterocycles. The number of hydrogen-bond acceptors (Lipinski definition) is 7. The summed E-state index contributed by atoms with van der Waals surface area (Å²) in [5.41, 5.74) is 5.27. The first-order valence-corrected chi connectivity index (χ1v) is 6.55. The van der Waals surface area contributed by atoms with Crippen molar-refractivity contribution in [2.75, 3.05) is 18.1 Å². The minimum Gasteiger partial charge on any atom is -0.480 e. The van der Waals surface area contributed by atoms with Gasteiger partial charge in [0.2, 0.25) is 11.8 Å². The van der Waals surface area contributed by atoms with E-state index in [2.05, 4.69) is 35.9 Å². The molecule has 10 heteroatoms. The van der Waals surface area contributed by atoms with Gasteiger partial charge in [0, 0.05) is 11.5 Å². The molecule has 2 amide bonds. The predicted molar refractivity (Wildman–Crippen MR) is 74.3 cm³/mol. The van der Waals surface area contributed by atoms with Crippen LogP contribution in [0.25, 0.3) is 0 Å². The molecular weight excluding hydrogens is 294 g/mol. The smallest absolute Gasteiger partial charge is 0.327 e. The van der Waals surface area contributed by atoms with Gasteiger partial charge in [-0.1, -0.05) is 0 Å². The Bertz CT molecular complexity index is 342. The second kappa shape index (κ2) is 9.02. The van der Waals surface area contributed by atoms with Crippen LogP contribution < -0.4 is 16.4 Å². The van der Waals surface area contributed by atoms with Crippen molar-refractivity contribution in [1.82, 2.24) is 10.6 Å². The van der Waals surface area contributed by atoms with E-state index >= 15 is 0 Å². The normalized spacial score (nSPS) is 15.2. The fourth-order valence-electron chi connectivity index (χ4n) is 1.01. The van der Waals surface area contributed by atoms with Gasteiger partial charge < -0.3 is 26.6 Å². The maximum Gasteiger partial charge on any atom is 0.327 e. The van der Waals surface area contributed by atoms with Gasteiger partial charge in [0.15, 0.2) is 0 Å². The van der Waals surface area contributed by atoms with E-state index < -0.39 is 42.5 Å². The zero-order valence-electron chi connectivity index (χ0n) is 9.94. The van der Waals surface area contributed by atoms with Gasteiger partial charge in [0.05, 0.1) is 6.61 Å². The van der Waals surface area contributed by atoms with Crippen molar-refractivity contribution in [3.8, 4) is 0 Å². The average Bonchev–Trinajstić information content (AvgIpc) is 2.39. The number of aliphatic carboxylic acids is 1. The highest BCUT2D eigenvalue weighted by molar-refractivity contribution is 7.80. The number of carbonyl (C=O) groups excluding carboxylic acids is 2. The first-order valence-electron chi connectivity index (χ1n) is 5.29.